The number of benzene rings is 2. The average Bonchev–Trinajstić information content (AvgIpc) is 2.55. The summed E-state index contributed by atoms with van der Waals surface area (Å²) in [5.74, 6) is 0.868. The number of carbonyl (C=O) groups is 1. The Kier molecular flexibility index (Phi) is 5.87. The van der Waals surface area contributed by atoms with Crippen LogP contribution in [0.4, 0.5) is 11.4 Å². The molecule has 0 atom stereocenters. The lowest BCUT2D eigenvalue weighted by atomic mass is 10.1. The van der Waals surface area contributed by atoms with Gasteiger partial charge in [-0.05, 0) is 18.2 Å². The lowest BCUT2D eigenvalue weighted by molar-refractivity contribution is -0.115. The molecular weight excluding hydrogens is 344 g/mol. The number of hydrogen-bond acceptors (Lipinski definition) is 5. The summed E-state index contributed by atoms with van der Waals surface area (Å²) in [7, 11) is -0.384. The molecule has 0 fully saturated rings. The topological polar surface area (TPSA) is 93.7 Å². The molecule has 25 heavy (non-hydrogen) atoms. The standard InChI is InChI=1S/C17H20N2O5S/c1-23-13-9-8-12(16(11-13)24-2)10-17(20)18-14-6-4-5-7-15(14)19-25(3,21)22/h4-9,11,19H,10H2,1-3H3,(H,18,20). The molecule has 0 aromatic heterocycles. The predicted molar refractivity (Wildman–Crippen MR) is 96.8 cm³/mol. The van der Waals surface area contributed by atoms with Gasteiger partial charge in [-0.1, -0.05) is 18.2 Å². The maximum Gasteiger partial charge on any atom is 0.229 e. The Morgan fingerprint density at radius 1 is 1.04 bits per heavy atom. The molecule has 8 heteroatoms. The molecule has 0 aliphatic rings. The van der Waals surface area contributed by atoms with E-state index in [1.807, 2.05) is 0 Å². The van der Waals surface area contributed by atoms with Crippen LogP contribution in [0.2, 0.25) is 0 Å². The van der Waals surface area contributed by atoms with Gasteiger partial charge in [0.1, 0.15) is 11.5 Å². The molecule has 0 bridgehead atoms. The van der Waals surface area contributed by atoms with Gasteiger partial charge >= 0.3 is 0 Å². The normalized spacial score (nSPS) is 10.8. The maximum absolute atomic E-state index is 12.3. The van der Waals surface area contributed by atoms with E-state index in [9.17, 15) is 13.2 Å². The van der Waals surface area contributed by atoms with Gasteiger partial charge in [-0.25, -0.2) is 8.42 Å². The van der Waals surface area contributed by atoms with E-state index in [0.717, 1.165) is 6.26 Å². The van der Waals surface area contributed by atoms with E-state index in [1.54, 1.807) is 49.6 Å². The molecule has 0 radical (unpaired) electrons. The zero-order chi connectivity index (χ0) is 18.4. The molecule has 2 aromatic rings. The van der Waals surface area contributed by atoms with Gasteiger partial charge in [-0.2, -0.15) is 0 Å². The summed E-state index contributed by atoms with van der Waals surface area (Å²) in [4.78, 5) is 12.3. The maximum atomic E-state index is 12.3. The number of methoxy groups -OCH3 is 2. The Labute approximate surface area is 147 Å². The molecule has 2 aromatic carbocycles. The molecule has 2 N–H and O–H groups in total. The van der Waals surface area contributed by atoms with Crippen molar-refractivity contribution in [2.75, 3.05) is 30.5 Å². The molecule has 0 aliphatic carbocycles. The summed E-state index contributed by atoms with van der Waals surface area (Å²) < 4.78 is 35.6. The number of ether oxygens (including phenoxy) is 2. The first kappa shape index (κ1) is 18.6. The molecule has 0 spiro atoms. The fourth-order valence-corrected chi connectivity index (χ4v) is 2.82. The highest BCUT2D eigenvalue weighted by atomic mass is 32.2. The van der Waals surface area contributed by atoms with Crippen molar-refractivity contribution in [1.29, 1.82) is 0 Å². The summed E-state index contributed by atoms with van der Waals surface area (Å²) in [5.41, 5.74) is 1.37. The van der Waals surface area contributed by atoms with Gasteiger partial charge in [-0.15, -0.1) is 0 Å². The van der Waals surface area contributed by atoms with Crippen molar-refractivity contribution in [3.05, 3.63) is 48.0 Å². The lowest BCUT2D eigenvalue weighted by Gasteiger charge is -2.13. The quantitative estimate of drug-likeness (QED) is 0.786. The molecule has 0 unspecified atom stereocenters. The molecule has 0 aliphatic heterocycles. The largest absolute Gasteiger partial charge is 0.497 e. The SMILES string of the molecule is COc1ccc(CC(=O)Nc2ccccc2NS(C)(=O)=O)c(OC)c1. The third kappa shape index (κ3) is 5.39. The highest BCUT2D eigenvalue weighted by molar-refractivity contribution is 7.92. The number of anilines is 2. The van der Waals surface area contributed by atoms with Crippen molar-refractivity contribution in [2.24, 2.45) is 0 Å². The Bertz CT molecular complexity index is 865. The first-order valence-electron chi connectivity index (χ1n) is 7.40. The summed E-state index contributed by atoms with van der Waals surface area (Å²) in [6.07, 6.45) is 1.12. The van der Waals surface area contributed by atoms with Gasteiger partial charge in [0.15, 0.2) is 0 Å². The molecule has 2 rings (SSSR count). The smallest absolute Gasteiger partial charge is 0.229 e. The van der Waals surface area contributed by atoms with Gasteiger partial charge in [0, 0.05) is 11.6 Å². The van der Waals surface area contributed by atoms with Crippen LogP contribution in [0.25, 0.3) is 0 Å². The summed E-state index contributed by atoms with van der Waals surface area (Å²) in [6, 6.07) is 11.8. The van der Waals surface area contributed by atoms with Crippen molar-refractivity contribution in [3.8, 4) is 11.5 Å². The summed E-state index contributed by atoms with van der Waals surface area (Å²) >= 11 is 0. The van der Waals surface area contributed by atoms with Gasteiger partial charge in [0.2, 0.25) is 15.9 Å². The summed E-state index contributed by atoms with van der Waals surface area (Å²) in [5, 5.41) is 2.71. The number of hydrogen-bond donors (Lipinski definition) is 2. The van der Waals surface area contributed by atoms with Crippen molar-refractivity contribution in [2.45, 2.75) is 6.42 Å². The number of amides is 1. The molecule has 0 saturated heterocycles. The molecule has 7 nitrogen and oxygen atoms in total. The highest BCUT2D eigenvalue weighted by Gasteiger charge is 2.13. The number of sulfonamides is 1. The third-order valence-corrected chi connectivity index (χ3v) is 3.93. The van der Waals surface area contributed by atoms with Crippen LogP contribution in [-0.2, 0) is 21.2 Å². The molecular formula is C17H20N2O5S. The highest BCUT2D eigenvalue weighted by Crippen LogP contribution is 2.26. The van der Waals surface area contributed by atoms with Gasteiger partial charge in [0.05, 0.1) is 38.3 Å². The Morgan fingerprint density at radius 2 is 1.72 bits per heavy atom. The second-order valence-electron chi connectivity index (χ2n) is 5.32. The van der Waals surface area contributed by atoms with E-state index >= 15 is 0 Å². The predicted octanol–water partition coefficient (Wildman–Crippen LogP) is 2.26. The van der Waals surface area contributed by atoms with Gasteiger partial charge in [-0.3, -0.25) is 9.52 Å². The second-order valence-corrected chi connectivity index (χ2v) is 7.07. The van der Waals surface area contributed by atoms with E-state index < -0.39 is 10.0 Å². The monoisotopic (exact) mass is 364 g/mol. The molecule has 0 heterocycles. The van der Waals surface area contributed by atoms with Crippen molar-refractivity contribution in [3.63, 3.8) is 0 Å². The van der Waals surface area contributed by atoms with Crippen molar-refractivity contribution < 1.29 is 22.7 Å². The minimum Gasteiger partial charge on any atom is -0.497 e. The minimum atomic E-state index is -3.45. The lowest BCUT2D eigenvalue weighted by Crippen LogP contribution is -2.17. The minimum absolute atomic E-state index is 0.0698. The molecule has 134 valence electrons. The average molecular weight is 364 g/mol. The van der Waals surface area contributed by atoms with Crippen LogP contribution in [0.1, 0.15) is 5.56 Å². The second kappa shape index (κ2) is 7.89. The van der Waals surface area contributed by atoms with Crippen molar-refractivity contribution >= 4 is 27.3 Å². The van der Waals surface area contributed by atoms with E-state index in [4.69, 9.17) is 9.47 Å². The van der Waals surface area contributed by atoms with E-state index in [-0.39, 0.29) is 12.3 Å². The Balaban J connectivity index is 2.16. The van der Waals surface area contributed by atoms with Crippen LogP contribution < -0.4 is 19.5 Å². The third-order valence-electron chi connectivity index (χ3n) is 3.34. The first-order valence-corrected chi connectivity index (χ1v) is 9.29. The van der Waals surface area contributed by atoms with Crippen LogP contribution in [0, 0.1) is 0 Å². The van der Waals surface area contributed by atoms with Gasteiger partial charge < -0.3 is 14.8 Å². The van der Waals surface area contributed by atoms with Crippen molar-refractivity contribution in [1.82, 2.24) is 0 Å². The number of carbonyl (C=O) groups excluding carboxylic acids is 1. The Hall–Kier alpha value is -2.74. The van der Waals surface area contributed by atoms with Crippen LogP contribution >= 0.6 is 0 Å². The van der Waals surface area contributed by atoms with Crippen LogP contribution in [0.15, 0.2) is 42.5 Å². The van der Waals surface area contributed by atoms with E-state index in [2.05, 4.69) is 10.0 Å². The van der Waals surface area contributed by atoms with E-state index in [1.165, 1.54) is 7.11 Å². The van der Waals surface area contributed by atoms with E-state index in [0.29, 0.717) is 28.4 Å². The number of para-hydroxylation sites is 2. The first-order chi connectivity index (χ1) is 11.8. The Morgan fingerprint density at radius 3 is 2.32 bits per heavy atom. The zero-order valence-corrected chi connectivity index (χ0v) is 15.0. The number of rotatable bonds is 7. The summed E-state index contributed by atoms with van der Waals surface area (Å²) in [6.45, 7) is 0. The molecule has 0 saturated carbocycles. The number of nitrogens with one attached hydrogen (secondary N) is 2. The van der Waals surface area contributed by atoms with Crippen LogP contribution in [-0.4, -0.2) is 34.8 Å². The molecule has 1 amide bonds. The fraction of sp³-hybridized carbons (Fsp3) is 0.235. The van der Waals surface area contributed by atoms with Gasteiger partial charge in [0.25, 0.3) is 0 Å². The van der Waals surface area contributed by atoms with Crippen LogP contribution in [0.5, 0.6) is 11.5 Å². The fourth-order valence-electron chi connectivity index (χ4n) is 2.25. The zero-order valence-electron chi connectivity index (χ0n) is 14.2. The van der Waals surface area contributed by atoms with Crippen LogP contribution in [0.3, 0.4) is 0 Å².